The second kappa shape index (κ2) is 9.75. The summed E-state index contributed by atoms with van der Waals surface area (Å²) in [5, 5.41) is 3.13. The van der Waals surface area contributed by atoms with E-state index in [1.54, 1.807) is 24.3 Å². The minimum Gasteiger partial charge on any atom is -0.368 e. The molecule has 0 saturated carbocycles. The number of benzene rings is 2. The van der Waals surface area contributed by atoms with Crippen molar-refractivity contribution in [3.8, 4) is 0 Å². The highest BCUT2D eigenvalue weighted by molar-refractivity contribution is 5.80. The van der Waals surface area contributed by atoms with Crippen molar-refractivity contribution in [2.45, 2.75) is 31.2 Å². The van der Waals surface area contributed by atoms with E-state index in [4.69, 9.17) is 5.73 Å². The first-order chi connectivity index (χ1) is 13.5. The van der Waals surface area contributed by atoms with Crippen molar-refractivity contribution in [3.63, 3.8) is 0 Å². The van der Waals surface area contributed by atoms with Crippen molar-refractivity contribution < 1.29 is 13.6 Å². The molecule has 0 spiro atoms. The predicted molar refractivity (Wildman–Crippen MR) is 106 cm³/mol. The molecule has 0 bridgehead atoms. The summed E-state index contributed by atoms with van der Waals surface area (Å²) in [5.41, 5.74) is 7.46. The van der Waals surface area contributed by atoms with Crippen LogP contribution in [0.25, 0.3) is 0 Å². The second-order valence-corrected chi connectivity index (χ2v) is 7.36. The number of carbonyl (C=O) groups is 1. The number of unbranched alkanes of at least 4 members (excludes halogenated alkanes) is 1. The van der Waals surface area contributed by atoms with E-state index in [1.807, 2.05) is 0 Å². The van der Waals surface area contributed by atoms with Gasteiger partial charge in [0.25, 0.3) is 0 Å². The fourth-order valence-electron chi connectivity index (χ4n) is 3.80. The Morgan fingerprint density at radius 1 is 1.04 bits per heavy atom. The lowest BCUT2D eigenvalue weighted by molar-refractivity contribution is -0.121. The van der Waals surface area contributed by atoms with Crippen molar-refractivity contribution in [1.29, 1.82) is 0 Å². The topological polar surface area (TPSA) is 58.4 Å². The minimum absolute atomic E-state index is 0.0996. The number of rotatable bonds is 8. The smallest absolute Gasteiger partial charge is 0.235 e. The molecule has 1 heterocycles. The summed E-state index contributed by atoms with van der Waals surface area (Å²) in [5.74, 6) is -0.728. The summed E-state index contributed by atoms with van der Waals surface area (Å²) < 4.78 is 26.6. The van der Waals surface area contributed by atoms with E-state index in [-0.39, 0.29) is 29.5 Å². The van der Waals surface area contributed by atoms with E-state index in [9.17, 15) is 13.6 Å². The number of halogens is 2. The maximum atomic E-state index is 13.3. The Balaban J connectivity index is 1.58. The molecule has 1 atom stereocenters. The largest absolute Gasteiger partial charge is 0.368 e. The Kier molecular flexibility index (Phi) is 7.12. The molecule has 1 unspecified atom stereocenters. The van der Waals surface area contributed by atoms with Gasteiger partial charge in [-0.2, -0.15) is 0 Å². The number of nitrogens with zero attached hydrogens (tertiary/aromatic N) is 1. The van der Waals surface area contributed by atoms with E-state index in [0.717, 1.165) is 50.0 Å². The van der Waals surface area contributed by atoms with Gasteiger partial charge >= 0.3 is 0 Å². The highest BCUT2D eigenvalue weighted by atomic mass is 19.1. The van der Waals surface area contributed by atoms with Gasteiger partial charge < -0.3 is 11.1 Å². The van der Waals surface area contributed by atoms with Crippen LogP contribution in [0.2, 0.25) is 0 Å². The molecule has 0 radical (unpaired) electrons. The fourth-order valence-corrected chi connectivity index (χ4v) is 3.80. The Morgan fingerprint density at radius 3 is 2.14 bits per heavy atom. The van der Waals surface area contributed by atoms with Gasteiger partial charge in [-0.05, 0) is 54.8 Å². The lowest BCUT2D eigenvalue weighted by Crippen LogP contribution is -2.56. The zero-order valence-electron chi connectivity index (χ0n) is 15.9. The van der Waals surface area contributed by atoms with Gasteiger partial charge in [0.2, 0.25) is 5.91 Å². The number of hydrogen-bond donors (Lipinski definition) is 2. The van der Waals surface area contributed by atoms with Crippen molar-refractivity contribution in [2.75, 3.05) is 26.2 Å². The summed E-state index contributed by atoms with van der Waals surface area (Å²) in [6.45, 7) is 3.23. The normalized spacial score (nSPS) is 17.8. The van der Waals surface area contributed by atoms with Crippen molar-refractivity contribution >= 4 is 5.91 Å². The second-order valence-electron chi connectivity index (χ2n) is 7.36. The highest BCUT2D eigenvalue weighted by Gasteiger charge is 2.23. The first-order valence-corrected chi connectivity index (χ1v) is 9.79. The van der Waals surface area contributed by atoms with E-state index in [1.165, 1.54) is 24.3 Å². The number of amides is 1. The maximum Gasteiger partial charge on any atom is 0.235 e. The Hall–Kier alpha value is -2.31. The van der Waals surface area contributed by atoms with Crippen LogP contribution in [0.4, 0.5) is 8.78 Å². The molecule has 2 aromatic carbocycles. The third kappa shape index (κ3) is 5.59. The van der Waals surface area contributed by atoms with Crippen LogP contribution in [0.15, 0.2) is 48.5 Å². The molecule has 1 amide bonds. The molecule has 6 heteroatoms. The van der Waals surface area contributed by atoms with E-state index in [0.29, 0.717) is 6.54 Å². The van der Waals surface area contributed by atoms with Gasteiger partial charge in [0.1, 0.15) is 11.6 Å². The molecule has 0 aliphatic carbocycles. The molecule has 2 aromatic rings. The Labute approximate surface area is 164 Å². The van der Waals surface area contributed by atoms with Crippen LogP contribution in [0.1, 0.15) is 36.3 Å². The van der Waals surface area contributed by atoms with Gasteiger partial charge in [0, 0.05) is 25.6 Å². The van der Waals surface area contributed by atoms with Crippen LogP contribution in [-0.2, 0) is 4.79 Å². The van der Waals surface area contributed by atoms with Gasteiger partial charge in [-0.25, -0.2) is 8.78 Å². The fraction of sp³-hybridized carbons (Fsp3) is 0.409. The van der Waals surface area contributed by atoms with Crippen molar-refractivity contribution in [2.24, 2.45) is 5.73 Å². The lowest BCUT2D eigenvalue weighted by atomic mass is 9.87. The number of primary amides is 1. The molecule has 3 rings (SSSR count). The molecular weight excluding hydrogens is 360 g/mol. The summed E-state index contributed by atoms with van der Waals surface area (Å²) >= 11 is 0. The lowest BCUT2D eigenvalue weighted by Gasteiger charge is -2.32. The van der Waals surface area contributed by atoms with Gasteiger partial charge in [-0.3, -0.25) is 9.69 Å². The van der Waals surface area contributed by atoms with Crippen LogP contribution in [0, 0.1) is 11.6 Å². The molecule has 1 aliphatic rings. The van der Waals surface area contributed by atoms with Crippen LogP contribution >= 0.6 is 0 Å². The first-order valence-electron chi connectivity index (χ1n) is 9.79. The van der Waals surface area contributed by atoms with Gasteiger partial charge in [0.05, 0.1) is 6.04 Å². The quantitative estimate of drug-likeness (QED) is 0.685. The molecule has 1 aliphatic heterocycles. The summed E-state index contributed by atoms with van der Waals surface area (Å²) in [6.07, 6.45) is 2.86. The number of piperazine rings is 1. The van der Waals surface area contributed by atoms with E-state index >= 15 is 0 Å². The molecule has 0 aromatic heterocycles. The number of nitrogens with two attached hydrogens (primary N) is 1. The number of hydrogen-bond acceptors (Lipinski definition) is 3. The van der Waals surface area contributed by atoms with Gasteiger partial charge in [-0.15, -0.1) is 0 Å². The Morgan fingerprint density at radius 2 is 1.61 bits per heavy atom. The van der Waals surface area contributed by atoms with Crippen LogP contribution in [-0.4, -0.2) is 43.0 Å². The number of carbonyl (C=O) groups excluding carboxylic acids is 1. The van der Waals surface area contributed by atoms with Gasteiger partial charge in [0.15, 0.2) is 0 Å². The third-order valence-electron chi connectivity index (χ3n) is 5.36. The zero-order chi connectivity index (χ0) is 19.9. The van der Waals surface area contributed by atoms with Gasteiger partial charge in [-0.1, -0.05) is 30.7 Å². The summed E-state index contributed by atoms with van der Waals surface area (Å²) in [4.78, 5) is 13.6. The summed E-state index contributed by atoms with van der Waals surface area (Å²) in [7, 11) is 0. The van der Waals surface area contributed by atoms with Crippen LogP contribution in [0.3, 0.4) is 0 Å². The average Bonchev–Trinajstić information content (AvgIpc) is 2.70. The summed E-state index contributed by atoms with van der Waals surface area (Å²) in [6, 6.07) is 12.8. The zero-order valence-corrected chi connectivity index (χ0v) is 15.9. The minimum atomic E-state index is -0.308. The highest BCUT2D eigenvalue weighted by Crippen LogP contribution is 2.30. The third-order valence-corrected chi connectivity index (χ3v) is 5.36. The van der Waals surface area contributed by atoms with Crippen LogP contribution in [0.5, 0.6) is 0 Å². The maximum absolute atomic E-state index is 13.3. The molecule has 3 N–H and O–H groups in total. The number of nitrogens with one attached hydrogen (secondary N) is 1. The standard InChI is InChI=1S/C22H27F2N3O/c23-18-8-4-16(5-9-18)20(17-6-10-19(24)11-7-17)3-1-2-13-27-14-12-26-21(15-27)22(25)28/h4-11,20-21,26H,1-3,12-15H2,(H2,25,28). The molecular formula is C22H27F2N3O. The van der Waals surface area contributed by atoms with Crippen molar-refractivity contribution in [3.05, 3.63) is 71.3 Å². The monoisotopic (exact) mass is 387 g/mol. The SMILES string of the molecule is NC(=O)C1CN(CCCCC(c2ccc(F)cc2)c2ccc(F)cc2)CCN1. The first kappa shape index (κ1) is 20.4. The van der Waals surface area contributed by atoms with E-state index in [2.05, 4.69) is 10.2 Å². The molecule has 28 heavy (non-hydrogen) atoms. The predicted octanol–water partition coefficient (Wildman–Crippen LogP) is 3.03. The van der Waals surface area contributed by atoms with E-state index < -0.39 is 0 Å². The van der Waals surface area contributed by atoms with Crippen LogP contribution < -0.4 is 11.1 Å². The van der Waals surface area contributed by atoms with Crippen molar-refractivity contribution in [1.82, 2.24) is 10.2 Å². The molecule has 150 valence electrons. The molecule has 1 saturated heterocycles. The Bertz CT molecular complexity index is 719. The molecule has 4 nitrogen and oxygen atoms in total. The molecule has 1 fully saturated rings. The average molecular weight is 387 g/mol.